The van der Waals surface area contributed by atoms with E-state index >= 15 is 0 Å². The zero-order chi connectivity index (χ0) is 15.3. The molecule has 0 saturated carbocycles. The third-order valence-corrected chi connectivity index (χ3v) is 2.19. The summed E-state index contributed by atoms with van der Waals surface area (Å²) in [4.78, 5) is 14.4. The molecule has 6 nitrogen and oxygen atoms in total. The van der Waals surface area contributed by atoms with Crippen molar-refractivity contribution in [2.45, 2.75) is 19.3 Å². The Morgan fingerprint density at radius 2 is 2.25 bits per heavy atom. The lowest BCUT2D eigenvalue weighted by molar-refractivity contribution is -0.152. The number of azo groups is 1. The fourth-order valence-corrected chi connectivity index (χ4v) is 1.24. The van der Waals surface area contributed by atoms with Crippen LogP contribution in [-0.4, -0.2) is 28.9 Å². The summed E-state index contributed by atoms with van der Waals surface area (Å²) in [6.07, 6.45) is -5.97. The normalized spacial score (nSPS) is 13.5. The quantitative estimate of drug-likeness (QED) is 0.684. The number of aliphatic hydroxyl groups is 1. The predicted octanol–water partition coefficient (Wildman–Crippen LogP) is 2.72. The summed E-state index contributed by atoms with van der Waals surface area (Å²) in [5.41, 5.74) is -1.05. The summed E-state index contributed by atoms with van der Waals surface area (Å²) in [7, 11) is 0. The van der Waals surface area contributed by atoms with E-state index < -0.39 is 29.0 Å². The molecule has 0 aromatic carbocycles. The molecule has 1 unspecified atom stereocenters. The Bertz CT molecular complexity index is 522. The maximum absolute atomic E-state index is 12.4. The Morgan fingerprint density at radius 3 is 2.75 bits per heavy atom. The molecule has 0 saturated heterocycles. The van der Waals surface area contributed by atoms with E-state index in [1.165, 1.54) is 6.92 Å². The molecule has 1 rings (SSSR count). The number of nitrogens with zero attached hydrogens (tertiary/aromatic N) is 3. The van der Waals surface area contributed by atoms with E-state index in [9.17, 15) is 23.1 Å². The van der Waals surface area contributed by atoms with Crippen LogP contribution in [0.15, 0.2) is 22.5 Å². The van der Waals surface area contributed by atoms with Gasteiger partial charge in [0.1, 0.15) is 0 Å². The van der Waals surface area contributed by atoms with Crippen molar-refractivity contribution in [3.8, 4) is 0 Å². The third-order valence-electron chi connectivity index (χ3n) is 1.91. The number of ether oxygens (including phenoxy) is 1. The second kappa shape index (κ2) is 6.62. The Balaban J connectivity index is 2.86. The number of alkyl halides is 3. The summed E-state index contributed by atoms with van der Waals surface area (Å²) < 4.78 is 41.5. The molecule has 0 spiro atoms. The topological polar surface area (TPSA) is 84.1 Å². The van der Waals surface area contributed by atoms with E-state index in [4.69, 9.17) is 11.6 Å². The average Bonchev–Trinajstić information content (AvgIpc) is 2.36. The highest BCUT2D eigenvalue weighted by molar-refractivity contribution is 6.32. The molecule has 0 aliphatic rings. The molecule has 0 fully saturated rings. The van der Waals surface area contributed by atoms with Crippen molar-refractivity contribution < 1.29 is 27.8 Å². The van der Waals surface area contributed by atoms with Gasteiger partial charge in [0.05, 0.1) is 17.2 Å². The van der Waals surface area contributed by atoms with Gasteiger partial charge in [-0.3, -0.25) is 0 Å². The smallest absolute Gasteiger partial charge is 0.417 e. The summed E-state index contributed by atoms with van der Waals surface area (Å²) in [6.45, 7) is 1.56. The first-order valence-electron chi connectivity index (χ1n) is 5.24. The number of hydrogen-bond donors (Lipinski definition) is 1. The van der Waals surface area contributed by atoms with Crippen LogP contribution in [-0.2, 0) is 15.7 Å². The van der Waals surface area contributed by atoms with Crippen LogP contribution < -0.4 is 0 Å². The number of esters is 1. The maximum Gasteiger partial charge on any atom is 0.417 e. The van der Waals surface area contributed by atoms with Crippen molar-refractivity contribution in [3.63, 3.8) is 0 Å². The number of aromatic nitrogens is 1. The highest BCUT2D eigenvalue weighted by Crippen LogP contribution is 2.33. The van der Waals surface area contributed by atoms with Gasteiger partial charge in [0.25, 0.3) is 6.23 Å². The lowest BCUT2D eigenvalue weighted by Gasteiger charge is -2.07. The Hall–Kier alpha value is -1.74. The van der Waals surface area contributed by atoms with Crippen LogP contribution in [0.4, 0.5) is 19.0 Å². The van der Waals surface area contributed by atoms with Gasteiger partial charge in [-0.15, -0.1) is 10.2 Å². The lowest BCUT2D eigenvalue weighted by atomic mass is 10.3. The van der Waals surface area contributed by atoms with Crippen molar-refractivity contribution in [2.75, 3.05) is 6.61 Å². The largest absolute Gasteiger partial charge is 0.463 e. The van der Waals surface area contributed by atoms with Crippen LogP contribution in [0.25, 0.3) is 0 Å². The molecule has 110 valence electrons. The minimum Gasteiger partial charge on any atom is -0.463 e. The Labute approximate surface area is 116 Å². The molecule has 0 amide bonds. The van der Waals surface area contributed by atoms with E-state index in [0.717, 1.165) is 0 Å². The van der Waals surface area contributed by atoms with Gasteiger partial charge < -0.3 is 9.84 Å². The van der Waals surface area contributed by atoms with Gasteiger partial charge >= 0.3 is 12.1 Å². The first-order valence-corrected chi connectivity index (χ1v) is 5.61. The number of carbonyl (C=O) groups is 1. The van der Waals surface area contributed by atoms with Crippen molar-refractivity contribution in [1.29, 1.82) is 0 Å². The minimum absolute atomic E-state index is 0.0324. The second-order valence-electron chi connectivity index (χ2n) is 3.37. The van der Waals surface area contributed by atoms with Crippen LogP contribution in [0.5, 0.6) is 0 Å². The predicted molar refractivity (Wildman–Crippen MR) is 61.4 cm³/mol. The minimum atomic E-state index is -4.59. The zero-order valence-electron chi connectivity index (χ0n) is 10.1. The van der Waals surface area contributed by atoms with Crippen LogP contribution in [0.1, 0.15) is 12.5 Å². The average molecular weight is 312 g/mol. The molecule has 10 heteroatoms. The van der Waals surface area contributed by atoms with Gasteiger partial charge in [-0.05, 0) is 13.0 Å². The second-order valence-corrected chi connectivity index (χ2v) is 3.78. The number of pyridine rings is 1. The molecular formula is C10H9ClF3N3O3. The third kappa shape index (κ3) is 4.42. The standard InChI is InChI=1S/C10H9ClF3N3O3/c1-2-20-9(19)8(18)17-16-7-6(11)3-5(4-15-7)10(12,13)14/h3-4,8,18H,2H2,1H3. The number of carbonyl (C=O) groups excluding carboxylic acids is 1. The number of halogens is 4. The van der Waals surface area contributed by atoms with Crippen molar-refractivity contribution in [3.05, 3.63) is 22.8 Å². The van der Waals surface area contributed by atoms with Crippen LogP contribution in [0.2, 0.25) is 5.02 Å². The SMILES string of the molecule is CCOC(=O)C(O)N=Nc1ncc(C(F)(F)F)cc1Cl. The monoisotopic (exact) mass is 311 g/mol. The Morgan fingerprint density at radius 1 is 1.60 bits per heavy atom. The highest BCUT2D eigenvalue weighted by Gasteiger charge is 2.31. The molecule has 20 heavy (non-hydrogen) atoms. The molecule has 0 bridgehead atoms. The Kier molecular flexibility index (Phi) is 5.40. The van der Waals surface area contributed by atoms with Crippen LogP contribution in [0.3, 0.4) is 0 Å². The molecule has 1 atom stereocenters. The van der Waals surface area contributed by atoms with Crippen molar-refractivity contribution >= 4 is 23.4 Å². The van der Waals surface area contributed by atoms with Gasteiger partial charge in [0, 0.05) is 6.20 Å². The molecule has 0 radical (unpaired) electrons. The van der Waals surface area contributed by atoms with Crippen LogP contribution in [0, 0.1) is 0 Å². The fraction of sp³-hybridized carbons (Fsp3) is 0.400. The van der Waals surface area contributed by atoms with E-state index in [2.05, 4.69) is 19.9 Å². The first-order chi connectivity index (χ1) is 9.25. The molecule has 1 aromatic rings. The highest BCUT2D eigenvalue weighted by atomic mass is 35.5. The van der Waals surface area contributed by atoms with E-state index in [1.54, 1.807) is 0 Å². The van der Waals surface area contributed by atoms with Gasteiger partial charge in [-0.2, -0.15) is 13.2 Å². The zero-order valence-corrected chi connectivity index (χ0v) is 10.8. The molecule has 0 aliphatic heterocycles. The van der Waals surface area contributed by atoms with Crippen LogP contribution >= 0.6 is 11.6 Å². The maximum atomic E-state index is 12.4. The van der Waals surface area contributed by atoms with Gasteiger partial charge in [0.2, 0.25) is 0 Å². The lowest BCUT2D eigenvalue weighted by Crippen LogP contribution is -2.20. The van der Waals surface area contributed by atoms with Gasteiger partial charge in [-0.25, -0.2) is 9.78 Å². The number of rotatable bonds is 4. The summed E-state index contributed by atoms with van der Waals surface area (Å²) in [5, 5.41) is 15.2. The number of aliphatic hydroxyl groups excluding tert-OH is 1. The van der Waals surface area contributed by atoms with Gasteiger partial charge in [0.15, 0.2) is 5.82 Å². The van der Waals surface area contributed by atoms with Crippen molar-refractivity contribution in [2.24, 2.45) is 10.2 Å². The van der Waals surface area contributed by atoms with Crippen molar-refractivity contribution in [1.82, 2.24) is 4.98 Å². The van der Waals surface area contributed by atoms with E-state index in [1.807, 2.05) is 0 Å². The number of hydrogen-bond acceptors (Lipinski definition) is 6. The van der Waals surface area contributed by atoms with E-state index in [-0.39, 0.29) is 12.4 Å². The molecule has 1 heterocycles. The van der Waals surface area contributed by atoms with Gasteiger partial charge in [-0.1, -0.05) is 11.6 Å². The molecule has 1 aromatic heterocycles. The first kappa shape index (κ1) is 16.3. The summed E-state index contributed by atoms with van der Waals surface area (Å²) in [5.74, 6) is -1.40. The molecule has 0 aliphatic carbocycles. The fourth-order valence-electron chi connectivity index (χ4n) is 1.03. The summed E-state index contributed by atoms with van der Waals surface area (Å²) >= 11 is 5.55. The summed E-state index contributed by atoms with van der Waals surface area (Å²) in [6, 6.07) is 0.611. The molecule has 1 N–H and O–H groups in total. The molecular weight excluding hydrogens is 303 g/mol. The van der Waals surface area contributed by atoms with E-state index in [0.29, 0.717) is 12.3 Å².